The van der Waals surface area contributed by atoms with Gasteiger partial charge in [-0.2, -0.15) is 0 Å². The van der Waals surface area contributed by atoms with E-state index in [9.17, 15) is 13.6 Å². The van der Waals surface area contributed by atoms with Crippen molar-refractivity contribution in [1.29, 1.82) is 0 Å². The molecular weight excluding hydrogens is 334 g/mol. The fraction of sp³-hybridized carbons (Fsp3) is 0.0769. The molecule has 0 bridgehead atoms. The van der Waals surface area contributed by atoms with Crippen LogP contribution in [0.2, 0.25) is 0 Å². The Hall–Kier alpha value is -2.02. The van der Waals surface area contributed by atoms with Gasteiger partial charge in [-0.05, 0) is 39.7 Å². The molecule has 2 aromatic rings. The standard InChI is InChI=1S/C13H9BrF2N2O2/c14-8-4-9(13(19)20)12(18-6-8)17-5-7-1-2-10(15)11(16)3-7/h1-4,6H,5H2,(H,17,18)(H,19,20). The second-order valence-electron chi connectivity index (χ2n) is 3.96. The van der Waals surface area contributed by atoms with Crippen molar-refractivity contribution < 1.29 is 18.7 Å². The largest absolute Gasteiger partial charge is 0.478 e. The van der Waals surface area contributed by atoms with Crippen LogP contribution in [-0.2, 0) is 6.54 Å². The summed E-state index contributed by atoms with van der Waals surface area (Å²) in [5.74, 6) is -2.86. The summed E-state index contributed by atoms with van der Waals surface area (Å²) in [5.41, 5.74) is 0.465. The fourth-order valence-electron chi connectivity index (χ4n) is 1.58. The summed E-state index contributed by atoms with van der Waals surface area (Å²) in [4.78, 5) is 15.0. The molecule has 0 saturated heterocycles. The van der Waals surface area contributed by atoms with Gasteiger partial charge < -0.3 is 10.4 Å². The van der Waals surface area contributed by atoms with Crippen LogP contribution in [0.1, 0.15) is 15.9 Å². The van der Waals surface area contributed by atoms with E-state index in [4.69, 9.17) is 5.11 Å². The van der Waals surface area contributed by atoms with Crippen molar-refractivity contribution in [3.63, 3.8) is 0 Å². The molecule has 0 fully saturated rings. The molecule has 0 aliphatic carbocycles. The predicted octanol–water partition coefficient (Wildman–Crippen LogP) is 3.43. The lowest BCUT2D eigenvalue weighted by Gasteiger charge is -2.09. The van der Waals surface area contributed by atoms with E-state index in [1.54, 1.807) is 0 Å². The molecule has 1 aromatic carbocycles. The zero-order chi connectivity index (χ0) is 14.7. The molecule has 1 aromatic heterocycles. The van der Waals surface area contributed by atoms with Crippen molar-refractivity contribution in [2.45, 2.75) is 6.54 Å². The number of carboxylic acids is 1. The lowest BCUT2D eigenvalue weighted by molar-refractivity contribution is 0.0697. The number of carboxylic acid groups (broad SMARTS) is 1. The molecule has 0 aliphatic rings. The molecular formula is C13H9BrF2N2O2. The maximum atomic E-state index is 13.0. The van der Waals surface area contributed by atoms with Crippen LogP contribution >= 0.6 is 15.9 Å². The SMILES string of the molecule is O=C(O)c1cc(Br)cnc1NCc1ccc(F)c(F)c1. The zero-order valence-corrected chi connectivity index (χ0v) is 11.6. The van der Waals surface area contributed by atoms with Crippen molar-refractivity contribution in [1.82, 2.24) is 4.98 Å². The van der Waals surface area contributed by atoms with E-state index in [-0.39, 0.29) is 17.9 Å². The topological polar surface area (TPSA) is 62.2 Å². The predicted molar refractivity (Wildman–Crippen MR) is 72.6 cm³/mol. The third-order valence-electron chi connectivity index (χ3n) is 2.53. The molecule has 0 amide bonds. The number of rotatable bonds is 4. The summed E-state index contributed by atoms with van der Waals surface area (Å²) in [6.45, 7) is 0.131. The van der Waals surface area contributed by atoms with E-state index in [0.717, 1.165) is 12.1 Å². The van der Waals surface area contributed by atoms with Gasteiger partial charge in [0.25, 0.3) is 0 Å². The Morgan fingerprint density at radius 3 is 2.70 bits per heavy atom. The van der Waals surface area contributed by atoms with E-state index >= 15 is 0 Å². The number of pyridine rings is 1. The first-order chi connectivity index (χ1) is 9.47. The molecule has 4 nitrogen and oxygen atoms in total. The molecule has 0 radical (unpaired) electrons. The highest BCUT2D eigenvalue weighted by atomic mass is 79.9. The Kier molecular flexibility index (Phi) is 4.29. The van der Waals surface area contributed by atoms with E-state index < -0.39 is 17.6 Å². The van der Waals surface area contributed by atoms with Crippen LogP contribution in [0.5, 0.6) is 0 Å². The average molecular weight is 343 g/mol. The Labute approximate surface area is 121 Å². The van der Waals surface area contributed by atoms with Crippen LogP contribution in [0.15, 0.2) is 34.9 Å². The maximum Gasteiger partial charge on any atom is 0.339 e. The lowest BCUT2D eigenvalue weighted by atomic mass is 10.2. The van der Waals surface area contributed by atoms with Gasteiger partial charge in [0.1, 0.15) is 11.4 Å². The zero-order valence-electron chi connectivity index (χ0n) is 10.0. The molecule has 0 saturated carbocycles. The summed E-state index contributed by atoms with van der Waals surface area (Å²) in [5, 5.41) is 11.8. The number of hydrogen-bond donors (Lipinski definition) is 2. The second-order valence-corrected chi connectivity index (χ2v) is 4.87. The highest BCUT2D eigenvalue weighted by molar-refractivity contribution is 9.10. The summed E-state index contributed by atoms with van der Waals surface area (Å²) in [6.07, 6.45) is 1.44. The molecule has 0 unspecified atom stereocenters. The van der Waals surface area contributed by atoms with Crippen molar-refractivity contribution >= 4 is 27.7 Å². The summed E-state index contributed by atoms with van der Waals surface area (Å²) >= 11 is 3.13. The number of hydrogen-bond acceptors (Lipinski definition) is 3. The number of anilines is 1. The molecule has 104 valence electrons. The number of aromatic nitrogens is 1. The Morgan fingerprint density at radius 1 is 1.30 bits per heavy atom. The molecule has 0 spiro atoms. The number of nitrogens with zero attached hydrogens (tertiary/aromatic N) is 1. The molecule has 1 heterocycles. The van der Waals surface area contributed by atoms with E-state index in [1.807, 2.05) is 0 Å². The van der Waals surface area contributed by atoms with Crippen LogP contribution in [0.3, 0.4) is 0 Å². The van der Waals surface area contributed by atoms with Crippen LogP contribution in [0.25, 0.3) is 0 Å². The second kappa shape index (κ2) is 5.96. The van der Waals surface area contributed by atoms with E-state index in [2.05, 4.69) is 26.2 Å². The minimum atomic E-state index is -1.13. The Morgan fingerprint density at radius 2 is 2.05 bits per heavy atom. The highest BCUT2D eigenvalue weighted by Crippen LogP contribution is 2.19. The first-order valence-electron chi connectivity index (χ1n) is 5.54. The molecule has 0 atom stereocenters. The lowest BCUT2D eigenvalue weighted by Crippen LogP contribution is -2.08. The summed E-state index contributed by atoms with van der Waals surface area (Å²) in [6, 6.07) is 4.87. The molecule has 2 rings (SSSR count). The first kappa shape index (κ1) is 14.4. The summed E-state index contributed by atoms with van der Waals surface area (Å²) in [7, 11) is 0. The quantitative estimate of drug-likeness (QED) is 0.893. The highest BCUT2D eigenvalue weighted by Gasteiger charge is 2.12. The monoisotopic (exact) mass is 342 g/mol. The van der Waals surface area contributed by atoms with Gasteiger partial charge in [-0.1, -0.05) is 6.07 Å². The molecule has 0 aliphatic heterocycles. The Balaban J connectivity index is 2.18. The van der Waals surface area contributed by atoms with E-state index in [0.29, 0.717) is 10.0 Å². The fourth-order valence-corrected chi connectivity index (χ4v) is 1.91. The van der Waals surface area contributed by atoms with Gasteiger partial charge in [0.05, 0.1) is 0 Å². The number of halogens is 3. The average Bonchev–Trinajstić information content (AvgIpc) is 2.41. The third-order valence-corrected chi connectivity index (χ3v) is 2.96. The number of aromatic carboxylic acids is 1. The smallest absolute Gasteiger partial charge is 0.339 e. The molecule has 7 heteroatoms. The van der Waals surface area contributed by atoms with Crippen molar-refractivity contribution in [3.05, 3.63) is 57.7 Å². The van der Waals surface area contributed by atoms with Gasteiger partial charge in [0.15, 0.2) is 11.6 Å². The van der Waals surface area contributed by atoms with E-state index in [1.165, 1.54) is 18.3 Å². The van der Waals surface area contributed by atoms with Crippen molar-refractivity contribution in [2.24, 2.45) is 0 Å². The summed E-state index contributed by atoms with van der Waals surface area (Å²) < 4.78 is 26.4. The first-order valence-corrected chi connectivity index (χ1v) is 6.33. The minimum absolute atomic E-state index is 0.0121. The third kappa shape index (κ3) is 3.30. The number of benzene rings is 1. The van der Waals surface area contributed by atoms with Crippen LogP contribution in [-0.4, -0.2) is 16.1 Å². The number of carbonyl (C=O) groups is 1. The van der Waals surface area contributed by atoms with Crippen LogP contribution in [0.4, 0.5) is 14.6 Å². The minimum Gasteiger partial charge on any atom is -0.478 e. The normalized spacial score (nSPS) is 10.3. The van der Waals surface area contributed by atoms with Gasteiger partial charge >= 0.3 is 5.97 Å². The van der Waals surface area contributed by atoms with Crippen LogP contribution in [0, 0.1) is 11.6 Å². The molecule has 20 heavy (non-hydrogen) atoms. The maximum absolute atomic E-state index is 13.0. The van der Waals surface area contributed by atoms with Gasteiger partial charge in [0, 0.05) is 17.2 Å². The van der Waals surface area contributed by atoms with Gasteiger partial charge in [-0.15, -0.1) is 0 Å². The van der Waals surface area contributed by atoms with Crippen molar-refractivity contribution in [2.75, 3.05) is 5.32 Å². The molecule has 2 N–H and O–H groups in total. The van der Waals surface area contributed by atoms with Gasteiger partial charge in [-0.25, -0.2) is 18.6 Å². The van der Waals surface area contributed by atoms with Gasteiger partial charge in [-0.3, -0.25) is 0 Å². The van der Waals surface area contributed by atoms with Gasteiger partial charge in [0.2, 0.25) is 0 Å². The number of nitrogens with one attached hydrogen (secondary N) is 1. The van der Waals surface area contributed by atoms with Crippen molar-refractivity contribution in [3.8, 4) is 0 Å². The van der Waals surface area contributed by atoms with Crippen LogP contribution < -0.4 is 5.32 Å². The Bertz CT molecular complexity index is 665.